The summed E-state index contributed by atoms with van der Waals surface area (Å²) in [5.41, 5.74) is 0.413. The Bertz CT molecular complexity index is 425. The molecular weight excluding hydrogens is 264 g/mol. The number of aliphatic hydroxyl groups excluding tert-OH is 2. The van der Waals surface area contributed by atoms with Crippen LogP contribution in [-0.4, -0.2) is 28.7 Å². The minimum Gasteiger partial charge on any atom is -0.393 e. The number of ether oxygens (including phenoxy) is 1. The maximum Gasteiger partial charge on any atom is 0.154 e. The maximum absolute atomic E-state index is 10.4. The molecule has 3 nitrogen and oxygen atoms in total. The number of rotatable bonds is 0. The number of hydrogen-bond acceptors (Lipinski definition) is 3. The Morgan fingerprint density at radius 2 is 1.52 bits per heavy atom. The van der Waals surface area contributed by atoms with Crippen molar-refractivity contribution in [2.24, 2.45) is 28.6 Å². The molecule has 0 bridgehead atoms. The SMILES string of the molecule is C[C@]12CC[C@H](O)O[C@@H]1CC[C@H]1[C@@H]2CC[C@]2(C)[C@@H](O)CC[C@@H]12. The summed E-state index contributed by atoms with van der Waals surface area (Å²) in [7, 11) is 0. The van der Waals surface area contributed by atoms with Gasteiger partial charge in [-0.3, -0.25) is 0 Å². The normalized spacial score (nSPS) is 60.0. The third kappa shape index (κ3) is 1.90. The van der Waals surface area contributed by atoms with E-state index in [-0.39, 0.29) is 23.0 Å². The fraction of sp³-hybridized carbons (Fsp3) is 1.00. The molecule has 0 aromatic rings. The molecule has 3 aliphatic carbocycles. The van der Waals surface area contributed by atoms with E-state index >= 15 is 0 Å². The van der Waals surface area contributed by atoms with Gasteiger partial charge in [-0.2, -0.15) is 0 Å². The third-order valence-corrected chi connectivity index (χ3v) is 7.98. The van der Waals surface area contributed by atoms with E-state index in [0.29, 0.717) is 5.92 Å². The van der Waals surface area contributed by atoms with Crippen LogP contribution in [0.1, 0.15) is 65.2 Å². The van der Waals surface area contributed by atoms with Crippen molar-refractivity contribution in [1.29, 1.82) is 0 Å². The summed E-state index contributed by atoms with van der Waals surface area (Å²) in [6, 6.07) is 0. The second-order valence-electron chi connectivity index (χ2n) is 8.72. The molecule has 2 N–H and O–H groups in total. The van der Waals surface area contributed by atoms with Crippen LogP contribution in [0.3, 0.4) is 0 Å². The molecule has 3 saturated carbocycles. The zero-order chi connectivity index (χ0) is 14.8. The first kappa shape index (κ1) is 14.5. The molecule has 1 heterocycles. The molecule has 0 amide bonds. The molecule has 1 aliphatic heterocycles. The monoisotopic (exact) mass is 294 g/mol. The van der Waals surface area contributed by atoms with Crippen molar-refractivity contribution < 1.29 is 14.9 Å². The Balaban J connectivity index is 1.62. The molecule has 0 spiro atoms. The summed E-state index contributed by atoms with van der Waals surface area (Å²) in [4.78, 5) is 0. The third-order valence-electron chi connectivity index (χ3n) is 7.98. The summed E-state index contributed by atoms with van der Waals surface area (Å²) in [5.74, 6) is 2.20. The van der Waals surface area contributed by atoms with Gasteiger partial charge < -0.3 is 14.9 Å². The van der Waals surface area contributed by atoms with Gasteiger partial charge in [0.25, 0.3) is 0 Å². The van der Waals surface area contributed by atoms with Gasteiger partial charge in [0, 0.05) is 0 Å². The van der Waals surface area contributed by atoms with Gasteiger partial charge >= 0.3 is 0 Å². The molecular formula is C18H30O3. The van der Waals surface area contributed by atoms with Crippen LogP contribution >= 0.6 is 0 Å². The average Bonchev–Trinajstić information content (AvgIpc) is 2.76. The lowest BCUT2D eigenvalue weighted by Gasteiger charge is -2.60. The van der Waals surface area contributed by atoms with Crippen molar-refractivity contribution in [2.45, 2.75) is 83.7 Å². The second kappa shape index (κ2) is 4.69. The highest BCUT2D eigenvalue weighted by Gasteiger charge is 2.60. The van der Waals surface area contributed by atoms with Crippen LogP contribution in [0.5, 0.6) is 0 Å². The highest BCUT2D eigenvalue weighted by molar-refractivity contribution is 5.09. The van der Waals surface area contributed by atoms with Crippen LogP contribution in [0.25, 0.3) is 0 Å². The predicted octanol–water partition coefficient (Wildman–Crippen LogP) is 3.09. The van der Waals surface area contributed by atoms with Gasteiger partial charge in [0.2, 0.25) is 0 Å². The van der Waals surface area contributed by atoms with E-state index in [1.165, 1.54) is 25.7 Å². The predicted molar refractivity (Wildman–Crippen MR) is 80.5 cm³/mol. The van der Waals surface area contributed by atoms with Crippen LogP contribution in [0.4, 0.5) is 0 Å². The van der Waals surface area contributed by atoms with Gasteiger partial charge in [-0.05, 0) is 80.0 Å². The zero-order valence-electron chi connectivity index (χ0n) is 13.4. The van der Waals surface area contributed by atoms with Gasteiger partial charge in [-0.25, -0.2) is 0 Å². The van der Waals surface area contributed by atoms with Crippen molar-refractivity contribution >= 4 is 0 Å². The molecule has 0 aromatic carbocycles. The summed E-state index contributed by atoms with van der Waals surface area (Å²) in [6.07, 6.45) is 8.46. The van der Waals surface area contributed by atoms with Crippen LogP contribution < -0.4 is 0 Å². The second-order valence-corrected chi connectivity index (χ2v) is 8.72. The molecule has 3 heteroatoms. The Morgan fingerprint density at radius 3 is 2.33 bits per heavy atom. The van der Waals surface area contributed by atoms with Crippen LogP contribution in [0.2, 0.25) is 0 Å². The number of fused-ring (bicyclic) bond motifs is 5. The van der Waals surface area contributed by atoms with Gasteiger partial charge in [-0.1, -0.05) is 13.8 Å². The molecule has 1 saturated heterocycles. The molecule has 4 aliphatic rings. The lowest BCUT2D eigenvalue weighted by atomic mass is 9.48. The highest BCUT2D eigenvalue weighted by atomic mass is 16.6. The van der Waals surface area contributed by atoms with E-state index < -0.39 is 6.29 Å². The minimum atomic E-state index is -0.540. The first-order valence-corrected chi connectivity index (χ1v) is 8.97. The quantitative estimate of drug-likeness (QED) is 0.722. The lowest BCUT2D eigenvalue weighted by Crippen LogP contribution is -2.57. The number of hydrogen-bond donors (Lipinski definition) is 2. The fourth-order valence-electron chi connectivity index (χ4n) is 6.66. The first-order valence-electron chi connectivity index (χ1n) is 8.97. The minimum absolute atomic E-state index is 0.0848. The largest absolute Gasteiger partial charge is 0.393 e. The van der Waals surface area contributed by atoms with Crippen LogP contribution in [-0.2, 0) is 4.74 Å². The standard InChI is InChI=1S/C18H30O3/c1-17-9-7-13-11(12(17)4-5-14(17)19)3-6-15-18(13,2)10-8-16(20)21-15/h11-16,19-20H,3-10H2,1-2H3/t11-,12+,13+,14+,15-,16-,17+,18-/m1/s1. The Kier molecular flexibility index (Phi) is 3.23. The topological polar surface area (TPSA) is 49.7 Å². The van der Waals surface area contributed by atoms with Gasteiger partial charge in [0.05, 0.1) is 12.2 Å². The Morgan fingerprint density at radius 1 is 0.810 bits per heavy atom. The summed E-state index contributed by atoms with van der Waals surface area (Å²) >= 11 is 0. The molecule has 8 atom stereocenters. The van der Waals surface area contributed by atoms with Gasteiger partial charge in [-0.15, -0.1) is 0 Å². The van der Waals surface area contributed by atoms with E-state index in [9.17, 15) is 10.2 Å². The summed E-state index contributed by atoms with van der Waals surface area (Å²) < 4.78 is 5.91. The summed E-state index contributed by atoms with van der Waals surface area (Å²) in [6.45, 7) is 4.75. The van der Waals surface area contributed by atoms with Crippen molar-refractivity contribution in [3.63, 3.8) is 0 Å². The van der Waals surface area contributed by atoms with E-state index in [2.05, 4.69) is 13.8 Å². The maximum atomic E-state index is 10.4. The molecule has 0 unspecified atom stereocenters. The van der Waals surface area contributed by atoms with Gasteiger partial charge in [0.15, 0.2) is 6.29 Å². The van der Waals surface area contributed by atoms with Crippen molar-refractivity contribution in [3.8, 4) is 0 Å². The molecule has 4 rings (SSSR count). The van der Waals surface area contributed by atoms with Crippen LogP contribution in [0, 0.1) is 28.6 Å². The number of aliphatic hydroxyl groups is 2. The lowest BCUT2D eigenvalue weighted by molar-refractivity contribution is -0.249. The average molecular weight is 294 g/mol. The molecule has 120 valence electrons. The smallest absolute Gasteiger partial charge is 0.154 e. The Hall–Kier alpha value is -0.120. The highest BCUT2D eigenvalue weighted by Crippen LogP contribution is 2.64. The van der Waals surface area contributed by atoms with E-state index in [0.717, 1.165) is 37.5 Å². The van der Waals surface area contributed by atoms with Gasteiger partial charge in [0.1, 0.15) is 0 Å². The van der Waals surface area contributed by atoms with Crippen molar-refractivity contribution in [3.05, 3.63) is 0 Å². The molecule has 0 aromatic heterocycles. The van der Waals surface area contributed by atoms with Crippen molar-refractivity contribution in [1.82, 2.24) is 0 Å². The zero-order valence-corrected chi connectivity index (χ0v) is 13.4. The van der Waals surface area contributed by atoms with E-state index in [1.54, 1.807) is 0 Å². The molecule has 4 fully saturated rings. The van der Waals surface area contributed by atoms with E-state index in [4.69, 9.17) is 4.74 Å². The fourth-order valence-corrected chi connectivity index (χ4v) is 6.66. The molecule has 0 radical (unpaired) electrons. The van der Waals surface area contributed by atoms with Crippen LogP contribution in [0.15, 0.2) is 0 Å². The summed E-state index contributed by atoms with van der Waals surface area (Å²) in [5, 5.41) is 20.3. The van der Waals surface area contributed by atoms with Crippen molar-refractivity contribution in [2.75, 3.05) is 0 Å². The molecule has 21 heavy (non-hydrogen) atoms. The first-order chi connectivity index (χ1) is 9.95. The Labute approximate surface area is 128 Å². The van der Waals surface area contributed by atoms with E-state index in [1.807, 2.05) is 0 Å².